The highest BCUT2D eigenvalue weighted by molar-refractivity contribution is 9.10. The number of pyridine rings is 1. The molecule has 154 valence electrons. The van der Waals surface area contributed by atoms with Crippen molar-refractivity contribution in [2.24, 2.45) is 0 Å². The van der Waals surface area contributed by atoms with Crippen LogP contribution in [0.3, 0.4) is 0 Å². The van der Waals surface area contributed by atoms with Crippen LogP contribution in [0, 0.1) is 17.1 Å². The molecular weight excluding hydrogens is 467 g/mol. The van der Waals surface area contributed by atoms with Crippen molar-refractivity contribution in [3.63, 3.8) is 0 Å². The maximum Gasteiger partial charge on any atom is 0.410 e. The number of H-pyrrole nitrogens is 1. The van der Waals surface area contributed by atoms with Crippen molar-refractivity contribution in [3.8, 4) is 6.07 Å². The number of rotatable bonds is 1. The highest BCUT2D eigenvalue weighted by Gasteiger charge is 2.29. The first-order valence-corrected chi connectivity index (χ1v) is 10.1. The lowest BCUT2D eigenvalue weighted by molar-refractivity contribution is 0.0240. The Labute approximate surface area is 180 Å². The molecule has 0 bridgehead atoms. The Balaban J connectivity index is 2.01. The smallest absolute Gasteiger partial charge is 0.410 e. The second-order valence-corrected chi connectivity index (χ2v) is 8.91. The number of hydrogen-bond donors (Lipinski definition) is 1. The number of hydrogen-bond acceptors (Lipinski definition) is 5. The molecule has 0 atom stereocenters. The van der Waals surface area contributed by atoms with Crippen LogP contribution in [0.1, 0.15) is 26.3 Å². The third kappa shape index (κ3) is 4.19. The van der Waals surface area contributed by atoms with E-state index in [9.17, 15) is 19.2 Å². The fraction of sp³-hybridized carbons (Fsp3) is 0.421. The molecule has 1 aromatic carbocycles. The zero-order valence-electron chi connectivity index (χ0n) is 16.1. The van der Waals surface area contributed by atoms with Crippen LogP contribution in [0.2, 0.25) is 5.02 Å². The van der Waals surface area contributed by atoms with Gasteiger partial charge in [-0.05, 0) is 42.8 Å². The molecule has 1 saturated heterocycles. The zero-order valence-corrected chi connectivity index (χ0v) is 18.4. The predicted octanol–water partition coefficient (Wildman–Crippen LogP) is 4.01. The zero-order chi connectivity index (χ0) is 21.5. The van der Waals surface area contributed by atoms with E-state index in [0.717, 1.165) is 0 Å². The third-order valence-corrected chi connectivity index (χ3v) is 5.35. The summed E-state index contributed by atoms with van der Waals surface area (Å²) in [6, 6.07) is 3.28. The minimum atomic E-state index is -0.697. The summed E-state index contributed by atoms with van der Waals surface area (Å²) in [6.07, 6.45) is -0.429. The van der Waals surface area contributed by atoms with Gasteiger partial charge < -0.3 is 19.5 Å². The van der Waals surface area contributed by atoms with Crippen LogP contribution in [-0.4, -0.2) is 47.8 Å². The van der Waals surface area contributed by atoms with Gasteiger partial charge in [0.1, 0.15) is 17.2 Å². The van der Waals surface area contributed by atoms with E-state index in [1.54, 1.807) is 30.6 Å². The molecule has 2 aromatic rings. The van der Waals surface area contributed by atoms with Crippen LogP contribution in [0.5, 0.6) is 0 Å². The van der Waals surface area contributed by atoms with E-state index in [-0.39, 0.29) is 31.6 Å². The number of fused-ring (bicyclic) bond motifs is 1. The molecule has 0 saturated carbocycles. The molecule has 0 unspecified atom stereocenters. The number of benzene rings is 1. The lowest BCUT2D eigenvalue weighted by Gasteiger charge is -2.37. The molecule has 1 aromatic heterocycles. The summed E-state index contributed by atoms with van der Waals surface area (Å²) in [5.74, 6) is -0.667. The van der Waals surface area contributed by atoms with Gasteiger partial charge in [0.2, 0.25) is 0 Å². The largest absolute Gasteiger partial charge is 0.444 e. The Hall–Kier alpha value is -2.31. The lowest BCUT2D eigenvalue weighted by atomic mass is 10.1. The molecule has 1 aliphatic heterocycles. The van der Waals surface area contributed by atoms with Gasteiger partial charge in [-0.15, -0.1) is 0 Å². The first-order chi connectivity index (χ1) is 13.5. The number of ether oxygens (including phenoxy) is 1. The number of carbonyl (C=O) groups excluding carboxylic acids is 1. The van der Waals surface area contributed by atoms with Crippen LogP contribution in [0.15, 0.2) is 15.3 Å². The van der Waals surface area contributed by atoms with Crippen LogP contribution < -0.4 is 10.5 Å². The number of carbonyl (C=O) groups is 1. The summed E-state index contributed by atoms with van der Waals surface area (Å²) in [6.45, 7) is 6.68. The summed E-state index contributed by atoms with van der Waals surface area (Å²) in [5.41, 5.74) is -1.25. The summed E-state index contributed by atoms with van der Waals surface area (Å²) >= 11 is 9.43. The van der Waals surface area contributed by atoms with Gasteiger partial charge >= 0.3 is 6.09 Å². The van der Waals surface area contributed by atoms with Crippen molar-refractivity contribution >= 4 is 50.2 Å². The second kappa shape index (κ2) is 7.84. The molecule has 1 fully saturated rings. The van der Waals surface area contributed by atoms with Crippen LogP contribution in [-0.2, 0) is 4.74 Å². The molecule has 1 N–H and O–H groups in total. The van der Waals surface area contributed by atoms with E-state index >= 15 is 0 Å². The average Bonchev–Trinajstić information content (AvgIpc) is 2.64. The number of nitrogens with one attached hydrogen (secondary N) is 1. The SMILES string of the molecule is CC(C)(C)OC(=O)N1CCN(c2c(C#N)c(=O)[nH]c3c(F)c(Br)cc(Cl)c23)CC1. The number of aromatic amines is 1. The standard InChI is InChI=1S/C19H19BrClFN4O3/c1-19(2,3)29-18(28)26-6-4-25(5-7-26)16-10(9-23)17(27)24-15-13(16)12(21)8-11(20)14(15)22/h8H,4-7H2,1-3H3,(H,24,27). The normalized spacial score (nSPS) is 14.8. The molecule has 0 spiro atoms. The van der Waals surface area contributed by atoms with E-state index in [1.807, 2.05) is 6.07 Å². The molecule has 1 aliphatic rings. The van der Waals surface area contributed by atoms with Crippen molar-refractivity contribution in [3.05, 3.63) is 37.3 Å². The predicted molar refractivity (Wildman–Crippen MR) is 112 cm³/mol. The summed E-state index contributed by atoms with van der Waals surface area (Å²) in [7, 11) is 0. The van der Waals surface area contributed by atoms with E-state index in [2.05, 4.69) is 20.9 Å². The molecule has 10 heteroatoms. The Morgan fingerprint density at radius 2 is 1.97 bits per heavy atom. The molecular formula is C19H19BrClFN4O3. The maximum absolute atomic E-state index is 14.6. The van der Waals surface area contributed by atoms with Crippen LogP contribution >= 0.6 is 27.5 Å². The summed E-state index contributed by atoms with van der Waals surface area (Å²) in [5, 5.41) is 10.0. The van der Waals surface area contributed by atoms with E-state index in [1.165, 1.54) is 6.07 Å². The summed E-state index contributed by atoms with van der Waals surface area (Å²) < 4.78 is 20.1. The third-order valence-electron chi connectivity index (χ3n) is 4.47. The molecule has 0 radical (unpaired) electrons. The van der Waals surface area contributed by atoms with Gasteiger partial charge in [0.15, 0.2) is 5.82 Å². The van der Waals surface area contributed by atoms with Crippen molar-refractivity contribution in [1.82, 2.24) is 9.88 Å². The van der Waals surface area contributed by atoms with Crippen molar-refractivity contribution in [2.45, 2.75) is 26.4 Å². The Morgan fingerprint density at radius 1 is 1.34 bits per heavy atom. The first kappa shape index (κ1) is 21.4. The number of nitrogens with zero attached hydrogens (tertiary/aromatic N) is 3. The topological polar surface area (TPSA) is 89.4 Å². The Morgan fingerprint density at radius 3 is 2.52 bits per heavy atom. The fourth-order valence-electron chi connectivity index (χ4n) is 3.21. The Bertz CT molecular complexity index is 1080. The number of anilines is 1. The molecule has 29 heavy (non-hydrogen) atoms. The van der Waals surface area contributed by atoms with Crippen molar-refractivity contribution < 1.29 is 13.9 Å². The van der Waals surface area contributed by atoms with E-state index in [0.29, 0.717) is 26.2 Å². The average molecular weight is 486 g/mol. The highest BCUT2D eigenvalue weighted by Crippen LogP contribution is 2.37. The van der Waals surface area contributed by atoms with E-state index < -0.39 is 23.1 Å². The quantitative estimate of drug-likeness (QED) is 0.617. The minimum absolute atomic E-state index is 0.0713. The van der Waals surface area contributed by atoms with Gasteiger partial charge in [-0.25, -0.2) is 9.18 Å². The number of halogens is 3. The first-order valence-electron chi connectivity index (χ1n) is 8.90. The highest BCUT2D eigenvalue weighted by atomic mass is 79.9. The number of aromatic nitrogens is 1. The van der Waals surface area contributed by atoms with Gasteiger partial charge in [0, 0.05) is 31.6 Å². The van der Waals surface area contributed by atoms with Gasteiger partial charge in [-0.3, -0.25) is 4.79 Å². The fourth-order valence-corrected chi connectivity index (χ4v) is 4.06. The number of amides is 1. The minimum Gasteiger partial charge on any atom is -0.444 e. The Kier molecular flexibility index (Phi) is 5.79. The van der Waals surface area contributed by atoms with Gasteiger partial charge in [-0.2, -0.15) is 5.26 Å². The number of piperazine rings is 1. The number of nitriles is 1. The molecule has 2 heterocycles. The van der Waals surface area contributed by atoms with Gasteiger partial charge in [0.25, 0.3) is 5.56 Å². The van der Waals surface area contributed by atoms with E-state index in [4.69, 9.17) is 16.3 Å². The summed E-state index contributed by atoms with van der Waals surface area (Å²) in [4.78, 5) is 30.4. The van der Waals surface area contributed by atoms with Crippen LogP contribution in [0.4, 0.5) is 14.9 Å². The lowest BCUT2D eigenvalue weighted by Crippen LogP contribution is -2.50. The molecule has 1 amide bonds. The van der Waals surface area contributed by atoms with Gasteiger partial charge in [0.05, 0.1) is 20.7 Å². The van der Waals surface area contributed by atoms with Crippen LogP contribution in [0.25, 0.3) is 10.9 Å². The van der Waals surface area contributed by atoms with Crippen molar-refractivity contribution in [1.29, 1.82) is 5.26 Å². The molecule has 3 rings (SSSR count). The molecule has 0 aliphatic carbocycles. The van der Waals surface area contributed by atoms with Crippen molar-refractivity contribution in [2.75, 3.05) is 31.1 Å². The van der Waals surface area contributed by atoms with Gasteiger partial charge in [-0.1, -0.05) is 11.6 Å². The molecule has 7 nitrogen and oxygen atoms in total. The maximum atomic E-state index is 14.6. The second-order valence-electron chi connectivity index (χ2n) is 7.65. The monoisotopic (exact) mass is 484 g/mol.